The third kappa shape index (κ3) is 3.12. The van der Waals surface area contributed by atoms with Gasteiger partial charge in [-0.1, -0.05) is 29.0 Å². The first-order valence-corrected chi connectivity index (χ1v) is 6.84. The Bertz CT molecular complexity index is 597. The molecular formula is C14H16N2O2S. The van der Waals surface area contributed by atoms with Crippen molar-refractivity contribution in [2.75, 3.05) is 5.32 Å². The second-order valence-electron chi connectivity index (χ2n) is 4.62. The van der Waals surface area contributed by atoms with Crippen molar-refractivity contribution in [2.45, 2.75) is 27.3 Å². The molecule has 0 saturated heterocycles. The summed E-state index contributed by atoms with van der Waals surface area (Å²) in [4.78, 5) is 11.2. The zero-order valence-corrected chi connectivity index (χ0v) is 12.0. The Balaban J connectivity index is 2.12. The molecule has 19 heavy (non-hydrogen) atoms. The smallest absolute Gasteiger partial charge is 0.324 e. The van der Waals surface area contributed by atoms with Crippen molar-refractivity contribution in [3.63, 3.8) is 0 Å². The van der Waals surface area contributed by atoms with Crippen LogP contribution in [0.15, 0.2) is 24.3 Å². The van der Waals surface area contributed by atoms with E-state index in [0.29, 0.717) is 6.54 Å². The normalized spacial score (nSPS) is 10.5. The van der Waals surface area contributed by atoms with E-state index in [1.165, 1.54) is 28.0 Å². The highest BCUT2D eigenvalue weighted by Crippen LogP contribution is 2.26. The minimum absolute atomic E-state index is 0.189. The van der Waals surface area contributed by atoms with E-state index < -0.39 is 0 Å². The van der Waals surface area contributed by atoms with Gasteiger partial charge in [-0.2, -0.15) is 0 Å². The maximum atomic E-state index is 10.6. The number of rotatable bonds is 4. The Hall–Kier alpha value is -1.88. The third-order valence-electron chi connectivity index (χ3n) is 2.94. The predicted octanol–water partition coefficient (Wildman–Crippen LogP) is 4.19. The van der Waals surface area contributed by atoms with E-state index in [9.17, 15) is 10.1 Å². The van der Waals surface area contributed by atoms with Gasteiger partial charge in [-0.05, 0) is 38.0 Å². The second kappa shape index (κ2) is 5.40. The Kier molecular flexibility index (Phi) is 3.85. The molecule has 0 atom stereocenters. The molecule has 2 rings (SSSR count). The summed E-state index contributed by atoms with van der Waals surface area (Å²) in [5.74, 6) is 0. The second-order valence-corrected chi connectivity index (χ2v) is 5.77. The van der Waals surface area contributed by atoms with Crippen molar-refractivity contribution in [1.29, 1.82) is 0 Å². The minimum atomic E-state index is -0.351. The molecule has 0 saturated carbocycles. The van der Waals surface area contributed by atoms with Gasteiger partial charge in [-0.3, -0.25) is 10.1 Å². The molecular weight excluding hydrogens is 260 g/mol. The fourth-order valence-electron chi connectivity index (χ4n) is 2.19. The molecule has 0 amide bonds. The molecule has 1 N–H and O–H groups in total. The predicted molar refractivity (Wildman–Crippen MR) is 79.0 cm³/mol. The Morgan fingerprint density at radius 2 is 1.84 bits per heavy atom. The number of hydrogen-bond acceptors (Lipinski definition) is 4. The summed E-state index contributed by atoms with van der Waals surface area (Å²) < 4.78 is 0. The first-order chi connectivity index (χ1) is 8.97. The maximum absolute atomic E-state index is 10.6. The standard InChI is InChI=1S/C14H16N2O2S/c1-9-6-10(2)14(11(3)7-9)15-8-12-4-5-13(19-12)16(17)18/h4-7,15H,8H2,1-3H3. The van der Waals surface area contributed by atoms with Crippen molar-refractivity contribution < 1.29 is 4.92 Å². The van der Waals surface area contributed by atoms with Gasteiger partial charge in [-0.25, -0.2) is 0 Å². The third-order valence-corrected chi connectivity index (χ3v) is 3.98. The number of aryl methyl sites for hydroxylation is 3. The minimum Gasteiger partial charge on any atom is -0.380 e. The molecule has 1 aromatic heterocycles. The van der Waals surface area contributed by atoms with Gasteiger partial charge in [0.2, 0.25) is 0 Å². The van der Waals surface area contributed by atoms with Crippen LogP contribution in [0.5, 0.6) is 0 Å². The van der Waals surface area contributed by atoms with Crippen molar-refractivity contribution in [3.05, 3.63) is 55.9 Å². The molecule has 0 aliphatic rings. The number of benzene rings is 1. The van der Waals surface area contributed by atoms with E-state index in [2.05, 4.69) is 38.2 Å². The Labute approximate surface area is 116 Å². The molecule has 1 aromatic carbocycles. The number of nitrogens with zero attached hydrogens (tertiary/aromatic N) is 1. The lowest BCUT2D eigenvalue weighted by Crippen LogP contribution is -2.02. The molecule has 0 unspecified atom stereocenters. The highest BCUT2D eigenvalue weighted by atomic mass is 32.1. The molecule has 0 spiro atoms. The Morgan fingerprint density at radius 3 is 2.37 bits per heavy atom. The lowest BCUT2D eigenvalue weighted by atomic mass is 10.1. The van der Waals surface area contributed by atoms with Crippen LogP contribution < -0.4 is 5.32 Å². The lowest BCUT2D eigenvalue weighted by molar-refractivity contribution is -0.380. The molecule has 1 heterocycles. The zero-order valence-electron chi connectivity index (χ0n) is 11.2. The summed E-state index contributed by atoms with van der Waals surface area (Å²) in [7, 11) is 0. The van der Waals surface area contributed by atoms with E-state index in [1.807, 2.05) is 0 Å². The molecule has 4 nitrogen and oxygen atoms in total. The molecule has 0 bridgehead atoms. The van der Waals surface area contributed by atoms with E-state index in [4.69, 9.17) is 0 Å². The molecule has 0 aliphatic heterocycles. The van der Waals surface area contributed by atoms with E-state index in [-0.39, 0.29) is 9.92 Å². The van der Waals surface area contributed by atoms with E-state index in [1.54, 1.807) is 12.1 Å². The summed E-state index contributed by atoms with van der Waals surface area (Å²) >= 11 is 1.21. The van der Waals surface area contributed by atoms with Gasteiger partial charge >= 0.3 is 5.00 Å². The van der Waals surface area contributed by atoms with Crippen LogP contribution in [0, 0.1) is 30.9 Å². The maximum Gasteiger partial charge on any atom is 0.324 e. The average molecular weight is 276 g/mol. The van der Waals surface area contributed by atoms with Gasteiger partial charge in [0.05, 0.1) is 4.92 Å². The number of thiophene rings is 1. The summed E-state index contributed by atoms with van der Waals surface area (Å²) in [6, 6.07) is 7.61. The van der Waals surface area contributed by atoms with Crippen LogP contribution in [0.4, 0.5) is 10.7 Å². The number of nitro groups is 1. The zero-order chi connectivity index (χ0) is 14.0. The molecule has 100 valence electrons. The van der Waals surface area contributed by atoms with Gasteiger partial charge in [0.1, 0.15) is 0 Å². The number of anilines is 1. The first-order valence-electron chi connectivity index (χ1n) is 6.02. The highest BCUT2D eigenvalue weighted by Gasteiger charge is 2.10. The summed E-state index contributed by atoms with van der Waals surface area (Å²) in [6.45, 7) is 6.83. The number of hydrogen-bond donors (Lipinski definition) is 1. The SMILES string of the molecule is Cc1cc(C)c(NCc2ccc([N+](=O)[O-])s2)c(C)c1. The highest BCUT2D eigenvalue weighted by molar-refractivity contribution is 7.15. The van der Waals surface area contributed by atoms with Crippen molar-refractivity contribution in [1.82, 2.24) is 0 Å². The van der Waals surface area contributed by atoms with Gasteiger partial charge in [0, 0.05) is 23.2 Å². The first kappa shape index (κ1) is 13.5. The molecule has 5 heteroatoms. The van der Waals surface area contributed by atoms with Crippen molar-refractivity contribution in [2.24, 2.45) is 0 Å². The van der Waals surface area contributed by atoms with E-state index in [0.717, 1.165) is 10.6 Å². The molecule has 0 aliphatic carbocycles. The largest absolute Gasteiger partial charge is 0.380 e. The van der Waals surface area contributed by atoms with Crippen LogP contribution in [0.1, 0.15) is 21.6 Å². The summed E-state index contributed by atoms with van der Waals surface area (Å²) in [5.41, 5.74) is 4.75. The van der Waals surface area contributed by atoms with Gasteiger partial charge in [0.25, 0.3) is 0 Å². The van der Waals surface area contributed by atoms with Crippen LogP contribution in [-0.2, 0) is 6.54 Å². The molecule has 2 aromatic rings. The summed E-state index contributed by atoms with van der Waals surface area (Å²) in [6.07, 6.45) is 0. The fraction of sp³-hybridized carbons (Fsp3) is 0.286. The van der Waals surface area contributed by atoms with Crippen LogP contribution >= 0.6 is 11.3 Å². The van der Waals surface area contributed by atoms with Crippen LogP contribution in [0.2, 0.25) is 0 Å². The lowest BCUT2D eigenvalue weighted by Gasteiger charge is -2.13. The van der Waals surface area contributed by atoms with E-state index >= 15 is 0 Å². The van der Waals surface area contributed by atoms with Crippen molar-refractivity contribution in [3.8, 4) is 0 Å². The topological polar surface area (TPSA) is 55.2 Å². The quantitative estimate of drug-likeness (QED) is 0.672. The molecule has 0 fully saturated rings. The summed E-state index contributed by atoms with van der Waals surface area (Å²) in [5, 5.41) is 14.2. The van der Waals surface area contributed by atoms with Crippen LogP contribution in [0.25, 0.3) is 0 Å². The average Bonchev–Trinajstić information content (AvgIpc) is 2.76. The van der Waals surface area contributed by atoms with Crippen molar-refractivity contribution >= 4 is 22.0 Å². The van der Waals surface area contributed by atoms with Gasteiger partial charge < -0.3 is 5.32 Å². The molecule has 0 radical (unpaired) electrons. The van der Waals surface area contributed by atoms with Gasteiger partial charge in [-0.15, -0.1) is 0 Å². The van der Waals surface area contributed by atoms with Crippen LogP contribution in [0.3, 0.4) is 0 Å². The van der Waals surface area contributed by atoms with Crippen LogP contribution in [-0.4, -0.2) is 4.92 Å². The number of nitrogens with one attached hydrogen (secondary N) is 1. The Morgan fingerprint density at radius 1 is 1.21 bits per heavy atom. The van der Waals surface area contributed by atoms with Gasteiger partial charge in [0.15, 0.2) is 0 Å². The fourth-order valence-corrected chi connectivity index (χ4v) is 2.95. The monoisotopic (exact) mass is 276 g/mol.